The number of aliphatic hydroxyl groups is 1. The summed E-state index contributed by atoms with van der Waals surface area (Å²) in [5.41, 5.74) is -0.224. The predicted molar refractivity (Wildman–Crippen MR) is 72.1 cm³/mol. The monoisotopic (exact) mass is 282 g/mol. The van der Waals surface area contributed by atoms with Crippen molar-refractivity contribution in [2.24, 2.45) is 0 Å². The number of phenolic OH excluding ortho intramolecular Hbond substituents is 1. The number of likely N-dealkylation sites (tertiary alicyclic amines) is 1. The van der Waals surface area contributed by atoms with Crippen LogP contribution in [-0.4, -0.2) is 53.3 Å². The first-order valence-corrected chi connectivity index (χ1v) is 6.73. The average molecular weight is 282 g/mol. The van der Waals surface area contributed by atoms with Crippen molar-refractivity contribution in [1.29, 1.82) is 0 Å². The summed E-state index contributed by atoms with van der Waals surface area (Å²) >= 11 is 0. The summed E-state index contributed by atoms with van der Waals surface area (Å²) in [6.07, 6.45) is 1.58. The van der Waals surface area contributed by atoms with Crippen LogP contribution in [0.4, 0.5) is 4.39 Å². The lowest BCUT2D eigenvalue weighted by Crippen LogP contribution is -2.39. The van der Waals surface area contributed by atoms with Gasteiger partial charge in [-0.15, -0.1) is 0 Å². The summed E-state index contributed by atoms with van der Waals surface area (Å²) < 4.78 is 13.4. The van der Waals surface area contributed by atoms with Crippen molar-refractivity contribution < 1.29 is 19.4 Å². The van der Waals surface area contributed by atoms with Crippen LogP contribution in [0.25, 0.3) is 0 Å². The molecule has 6 heteroatoms. The van der Waals surface area contributed by atoms with Crippen LogP contribution in [0.3, 0.4) is 0 Å². The number of halogens is 1. The number of nitrogens with zero attached hydrogens (tertiary/aromatic N) is 1. The molecule has 1 heterocycles. The first-order valence-electron chi connectivity index (χ1n) is 6.73. The summed E-state index contributed by atoms with van der Waals surface area (Å²) in [5, 5.41) is 21.6. The third-order valence-corrected chi connectivity index (χ3v) is 3.36. The maximum atomic E-state index is 13.4. The van der Waals surface area contributed by atoms with Gasteiger partial charge in [0.15, 0.2) is 0 Å². The lowest BCUT2D eigenvalue weighted by Gasteiger charge is -2.19. The second kappa shape index (κ2) is 6.67. The van der Waals surface area contributed by atoms with Gasteiger partial charge in [-0.05, 0) is 44.1 Å². The molecule has 1 fully saturated rings. The minimum atomic E-state index is -0.700. The van der Waals surface area contributed by atoms with Gasteiger partial charge in [-0.3, -0.25) is 4.79 Å². The normalized spacial score (nSPS) is 17.1. The highest BCUT2D eigenvalue weighted by Crippen LogP contribution is 2.15. The van der Waals surface area contributed by atoms with Crippen LogP contribution in [-0.2, 0) is 0 Å². The van der Waals surface area contributed by atoms with E-state index in [4.69, 9.17) is 0 Å². The Hall–Kier alpha value is -1.66. The maximum absolute atomic E-state index is 13.4. The zero-order valence-electron chi connectivity index (χ0n) is 11.2. The molecular weight excluding hydrogens is 263 g/mol. The highest BCUT2D eigenvalue weighted by molar-refractivity contribution is 5.94. The molecule has 0 spiro atoms. The van der Waals surface area contributed by atoms with E-state index in [1.807, 2.05) is 0 Å². The number of aliphatic hydroxyl groups excluding tert-OH is 1. The van der Waals surface area contributed by atoms with Crippen molar-refractivity contribution >= 4 is 5.91 Å². The Labute approximate surface area is 117 Å². The van der Waals surface area contributed by atoms with Crippen molar-refractivity contribution in [2.75, 3.05) is 26.2 Å². The Bertz CT molecular complexity index is 475. The molecule has 1 aromatic rings. The first-order chi connectivity index (χ1) is 9.56. The van der Waals surface area contributed by atoms with E-state index in [-0.39, 0.29) is 17.9 Å². The number of benzene rings is 1. The largest absolute Gasteiger partial charge is 0.508 e. The molecular formula is C14H19FN2O3. The Balaban J connectivity index is 1.83. The standard InChI is InChI=1S/C14H19FN2O3/c15-13-4-3-10(18)7-12(13)14(20)16-8-11(19)9-17-5-1-2-6-17/h3-4,7,11,18-19H,1-2,5-6,8-9H2,(H,16,20). The van der Waals surface area contributed by atoms with Gasteiger partial charge in [0.2, 0.25) is 0 Å². The van der Waals surface area contributed by atoms with Crippen molar-refractivity contribution in [3.05, 3.63) is 29.6 Å². The molecule has 3 N–H and O–H groups in total. The minimum Gasteiger partial charge on any atom is -0.508 e. The van der Waals surface area contributed by atoms with E-state index in [1.165, 1.54) is 6.07 Å². The summed E-state index contributed by atoms with van der Waals surface area (Å²) in [5.74, 6) is -1.51. The van der Waals surface area contributed by atoms with Gasteiger partial charge in [-0.2, -0.15) is 0 Å². The fourth-order valence-electron chi connectivity index (χ4n) is 2.32. The molecule has 0 aliphatic carbocycles. The molecule has 2 rings (SSSR count). The average Bonchev–Trinajstić information content (AvgIpc) is 2.91. The van der Waals surface area contributed by atoms with Gasteiger partial charge in [0.05, 0.1) is 11.7 Å². The first kappa shape index (κ1) is 14.7. The molecule has 20 heavy (non-hydrogen) atoms. The van der Waals surface area contributed by atoms with Crippen molar-refractivity contribution in [3.8, 4) is 5.75 Å². The molecule has 1 aliphatic rings. The van der Waals surface area contributed by atoms with Gasteiger partial charge >= 0.3 is 0 Å². The van der Waals surface area contributed by atoms with E-state index in [0.29, 0.717) is 6.54 Å². The Morgan fingerprint density at radius 2 is 2.10 bits per heavy atom. The molecule has 1 saturated heterocycles. The minimum absolute atomic E-state index is 0.0599. The van der Waals surface area contributed by atoms with Gasteiger partial charge in [0.25, 0.3) is 5.91 Å². The maximum Gasteiger partial charge on any atom is 0.254 e. The molecule has 1 unspecified atom stereocenters. The van der Waals surface area contributed by atoms with Gasteiger partial charge in [-0.1, -0.05) is 0 Å². The van der Waals surface area contributed by atoms with Crippen LogP contribution in [0.2, 0.25) is 0 Å². The third-order valence-electron chi connectivity index (χ3n) is 3.36. The van der Waals surface area contributed by atoms with Crippen LogP contribution in [0.1, 0.15) is 23.2 Å². The second-order valence-corrected chi connectivity index (χ2v) is 5.04. The zero-order valence-corrected chi connectivity index (χ0v) is 11.2. The zero-order chi connectivity index (χ0) is 14.5. The van der Waals surface area contributed by atoms with E-state index in [1.54, 1.807) is 0 Å². The lowest BCUT2D eigenvalue weighted by molar-refractivity contribution is 0.0875. The summed E-state index contributed by atoms with van der Waals surface area (Å²) in [4.78, 5) is 13.9. The van der Waals surface area contributed by atoms with E-state index in [0.717, 1.165) is 38.1 Å². The number of carbonyl (C=O) groups is 1. The quantitative estimate of drug-likeness (QED) is 0.744. The van der Waals surface area contributed by atoms with Gasteiger partial charge in [-0.25, -0.2) is 4.39 Å². The SMILES string of the molecule is O=C(NCC(O)CN1CCCC1)c1cc(O)ccc1F. The van der Waals surface area contributed by atoms with E-state index < -0.39 is 17.8 Å². The molecule has 0 radical (unpaired) electrons. The number of β-amino-alcohol motifs (C(OH)–C–C–N with tert-alkyl or cyclic N) is 1. The number of carbonyl (C=O) groups excluding carboxylic acids is 1. The number of nitrogens with one attached hydrogen (secondary N) is 1. The van der Waals surface area contributed by atoms with E-state index >= 15 is 0 Å². The van der Waals surface area contributed by atoms with Crippen molar-refractivity contribution in [3.63, 3.8) is 0 Å². The smallest absolute Gasteiger partial charge is 0.254 e. The van der Waals surface area contributed by atoms with Crippen LogP contribution in [0.5, 0.6) is 5.75 Å². The number of amides is 1. The fourth-order valence-corrected chi connectivity index (χ4v) is 2.32. The van der Waals surface area contributed by atoms with Gasteiger partial charge in [0, 0.05) is 13.1 Å². The molecule has 1 aliphatic heterocycles. The number of rotatable bonds is 5. The van der Waals surface area contributed by atoms with Crippen LogP contribution < -0.4 is 5.32 Å². The highest BCUT2D eigenvalue weighted by Gasteiger charge is 2.17. The van der Waals surface area contributed by atoms with Crippen molar-refractivity contribution in [2.45, 2.75) is 18.9 Å². The molecule has 5 nitrogen and oxygen atoms in total. The molecule has 0 bridgehead atoms. The third kappa shape index (κ3) is 3.91. The summed E-state index contributed by atoms with van der Waals surface area (Å²) in [6, 6.07) is 3.27. The van der Waals surface area contributed by atoms with Gasteiger partial charge in [0.1, 0.15) is 11.6 Å². The fraction of sp³-hybridized carbons (Fsp3) is 0.500. The number of hydrogen-bond donors (Lipinski definition) is 3. The van der Waals surface area contributed by atoms with Crippen LogP contribution >= 0.6 is 0 Å². The number of hydrogen-bond acceptors (Lipinski definition) is 4. The Morgan fingerprint density at radius 3 is 2.80 bits per heavy atom. The predicted octanol–water partition coefficient (Wildman–Crippen LogP) is 0.718. The topological polar surface area (TPSA) is 72.8 Å². The molecule has 110 valence electrons. The summed E-state index contributed by atoms with van der Waals surface area (Å²) in [7, 11) is 0. The molecule has 0 aromatic heterocycles. The molecule has 1 aromatic carbocycles. The van der Waals surface area contributed by atoms with Crippen LogP contribution in [0.15, 0.2) is 18.2 Å². The van der Waals surface area contributed by atoms with E-state index in [9.17, 15) is 19.4 Å². The highest BCUT2D eigenvalue weighted by atomic mass is 19.1. The van der Waals surface area contributed by atoms with Crippen molar-refractivity contribution in [1.82, 2.24) is 10.2 Å². The van der Waals surface area contributed by atoms with E-state index in [2.05, 4.69) is 10.2 Å². The molecule has 0 saturated carbocycles. The molecule has 1 amide bonds. The number of aromatic hydroxyl groups is 1. The summed E-state index contributed by atoms with van der Waals surface area (Å²) in [6.45, 7) is 2.49. The van der Waals surface area contributed by atoms with Gasteiger partial charge < -0.3 is 20.4 Å². The molecule has 1 atom stereocenters. The number of phenols is 1. The van der Waals surface area contributed by atoms with Crippen LogP contribution in [0, 0.1) is 5.82 Å². The lowest BCUT2D eigenvalue weighted by atomic mass is 10.2. The second-order valence-electron chi connectivity index (χ2n) is 5.04. The Morgan fingerprint density at radius 1 is 1.40 bits per heavy atom. The Kier molecular flexibility index (Phi) is 4.92.